The molecule has 34 heavy (non-hydrogen) atoms. The number of nitrogens with zero attached hydrogens (tertiary/aromatic N) is 4. The second-order valence-electron chi connectivity index (χ2n) is 9.04. The molecule has 0 spiro atoms. The van der Waals surface area contributed by atoms with Crippen LogP contribution in [0.1, 0.15) is 88.1 Å². The van der Waals surface area contributed by atoms with Crippen LogP contribution in [0.5, 0.6) is 0 Å². The van der Waals surface area contributed by atoms with Gasteiger partial charge >= 0.3 is 0 Å². The fourth-order valence-electron chi connectivity index (χ4n) is 4.37. The Balaban J connectivity index is 1.49. The molecule has 0 radical (unpaired) electrons. The molecule has 0 N–H and O–H groups in total. The van der Waals surface area contributed by atoms with Crippen molar-refractivity contribution in [2.75, 3.05) is 0 Å². The Labute approximate surface area is 211 Å². The van der Waals surface area contributed by atoms with Crippen LogP contribution >= 0.6 is 22.7 Å². The highest BCUT2D eigenvalue weighted by molar-refractivity contribution is 7.15. The number of hydrogen-bond donors (Lipinski definition) is 0. The zero-order valence-corrected chi connectivity index (χ0v) is 22.2. The molecular formula is C28H36N4S2. The third-order valence-corrected chi connectivity index (χ3v) is 8.34. The van der Waals surface area contributed by atoms with Gasteiger partial charge in [-0.1, -0.05) is 124 Å². The van der Waals surface area contributed by atoms with E-state index in [2.05, 4.69) is 70.6 Å². The van der Waals surface area contributed by atoms with Gasteiger partial charge in [0.2, 0.25) is 0 Å². The molecule has 0 bridgehead atoms. The summed E-state index contributed by atoms with van der Waals surface area (Å²) >= 11 is 3.47. The highest BCUT2D eigenvalue weighted by atomic mass is 32.1. The molecule has 4 rings (SSSR count). The lowest BCUT2D eigenvalue weighted by Gasteiger charge is -2.07. The minimum absolute atomic E-state index is 1.01. The summed E-state index contributed by atoms with van der Waals surface area (Å²) in [6.45, 7) is 4.51. The summed E-state index contributed by atoms with van der Waals surface area (Å²) in [5.41, 5.74) is 2.32. The lowest BCUT2D eigenvalue weighted by Crippen LogP contribution is -1.85. The smallest absolute Gasteiger partial charge is 0.143 e. The van der Waals surface area contributed by atoms with Crippen LogP contribution < -0.4 is 0 Å². The van der Waals surface area contributed by atoms with Gasteiger partial charge in [0.25, 0.3) is 0 Å². The number of hydrogen-bond acceptors (Lipinski definition) is 6. The van der Waals surface area contributed by atoms with E-state index in [0.717, 1.165) is 44.0 Å². The fourth-order valence-corrected chi connectivity index (χ4v) is 6.21. The Bertz CT molecular complexity index is 1070. The summed E-state index contributed by atoms with van der Waals surface area (Å²) in [6, 6.07) is 13.0. The van der Waals surface area contributed by atoms with Crippen molar-refractivity contribution >= 4 is 33.4 Å². The zero-order chi connectivity index (χ0) is 23.6. The predicted molar refractivity (Wildman–Crippen MR) is 147 cm³/mol. The minimum Gasteiger partial charge on any atom is -0.143 e. The fraction of sp³-hybridized carbons (Fsp3) is 0.500. The third kappa shape index (κ3) is 6.48. The van der Waals surface area contributed by atoms with Crippen molar-refractivity contribution in [3.05, 3.63) is 46.4 Å². The molecule has 0 amide bonds. The van der Waals surface area contributed by atoms with Gasteiger partial charge in [-0.15, -0.1) is 20.4 Å². The molecule has 0 atom stereocenters. The van der Waals surface area contributed by atoms with Crippen molar-refractivity contribution in [1.82, 2.24) is 20.4 Å². The van der Waals surface area contributed by atoms with Gasteiger partial charge in [0.05, 0.1) is 0 Å². The molecule has 180 valence electrons. The van der Waals surface area contributed by atoms with Crippen LogP contribution in [0.3, 0.4) is 0 Å². The molecule has 0 fully saturated rings. The SMILES string of the molecule is CCCCCCCc1nnc(-c2cccc3c(-c4nnc(CCCCCCC)s4)cccc23)s1. The largest absolute Gasteiger partial charge is 0.148 e. The highest BCUT2D eigenvalue weighted by Gasteiger charge is 2.14. The Morgan fingerprint density at radius 1 is 0.529 bits per heavy atom. The van der Waals surface area contributed by atoms with Gasteiger partial charge in [-0.05, 0) is 23.6 Å². The van der Waals surface area contributed by atoms with E-state index in [9.17, 15) is 0 Å². The van der Waals surface area contributed by atoms with Crippen LogP contribution in [-0.2, 0) is 12.8 Å². The second-order valence-corrected chi connectivity index (χ2v) is 11.2. The number of aromatic nitrogens is 4. The van der Waals surface area contributed by atoms with Gasteiger partial charge in [0.1, 0.15) is 20.0 Å². The molecular weight excluding hydrogens is 456 g/mol. The molecule has 4 nitrogen and oxygen atoms in total. The molecule has 0 aliphatic carbocycles. The lowest BCUT2D eigenvalue weighted by molar-refractivity contribution is 0.630. The predicted octanol–water partition coefficient (Wildman–Crippen LogP) is 8.90. The van der Waals surface area contributed by atoms with Crippen LogP contribution in [0.2, 0.25) is 0 Å². The number of benzene rings is 2. The van der Waals surface area contributed by atoms with Crippen LogP contribution in [0.15, 0.2) is 36.4 Å². The van der Waals surface area contributed by atoms with Gasteiger partial charge in [-0.25, -0.2) is 0 Å². The molecule has 2 aromatic heterocycles. The van der Waals surface area contributed by atoms with Gasteiger partial charge in [-0.3, -0.25) is 0 Å². The van der Waals surface area contributed by atoms with E-state index < -0.39 is 0 Å². The first kappa shape index (κ1) is 24.9. The van der Waals surface area contributed by atoms with E-state index in [1.807, 2.05) is 0 Å². The maximum absolute atomic E-state index is 4.56. The first-order valence-electron chi connectivity index (χ1n) is 13.0. The standard InChI is InChI=1S/C28H36N4S2/c1-3-5-7-9-11-19-25-29-31-27(33-25)23-17-13-16-22-21(23)15-14-18-24(22)28-32-30-26(34-28)20-12-10-8-6-4-2/h13-18H,3-12,19-20H2,1-2H3. The normalized spacial score (nSPS) is 11.5. The molecule has 0 aliphatic heterocycles. The van der Waals surface area contributed by atoms with Crippen molar-refractivity contribution in [2.24, 2.45) is 0 Å². The van der Waals surface area contributed by atoms with Gasteiger partial charge in [-0.2, -0.15) is 0 Å². The second kappa shape index (κ2) is 13.1. The maximum Gasteiger partial charge on any atom is 0.148 e. The molecule has 2 aromatic carbocycles. The lowest BCUT2D eigenvalue weighted by atomic mass is 10.0. The van der Waals surface area contributed by atoms with E-state index in [0.29, 0.717) is 0 Å². The molecule has 0 unspecified atom stereocenters. The average molecular weight is 493 g/mol. The summed E-state index contributed by atoms with van der Waals surface area (Å²) in [7, 11) is 0. The summed E-state index contributed by atoms with van der Waals surface area (Å²) in [5.74, 6) is 0. The topological polar surface area (TPSA) is 51.6 Å². The van der Waals surface area contributed by atoms with Crippen molar-refractivity contribution in [3.63, 3.8) is 0 Å². The third-order valence-electron chi connectivity index (χ3n) is 6.30. The summed E-state index contributed by atoms with van der Waals surface area (Å²) in [4.78, 5) is 0. The van der Waals surface area contributed by atoms with Gasteiger partial charge in [0.15, 0.2) is 0 Å². The highest BCUT2D eigenvalue weighted by Crippen LogP contribution is 2.37. The first-order chi connectivity index (χ1) is 16.8. The Hall–Kier alpha value is -2.18. The summed E-state index contributed by atoms with van der Waals surface area (Å²) in [5, 5.41) is 24.8. The maximum atomic E-state index is 4.56. The van der Waals surface area contributed by atoms with Crippen molar-refractivity contribution in [1.29, 1.82) is 0 Å². The van der Waals surface area contributed by atoms with Gasteiger partial charge < -0.3 is 0 Å². The molecule has 0 saturated carbocycles. The number of rotatable bonds is 14. The van der Waals surface area contributed by atoms with E-state index in [-0.39, 0.29) is 0 Å². The minimum atomic E-state index is 1.01. The van der Waals surface area contributed by atoms with Crippen LogP contribution in [0, 0.1) is 0 Å². The molecule has 4 aromatic rings. The van der Waals surface area contributed by atoms with E-state index >= 15 is 0 Å². The van der Waals surface area contributed by atoms with E-state index in [1.165, 1.54) is 75.0 Å². The van der Waals surface area contributed by atoms with Crippen LogP contribution in [0.25, 0.3) is 31.9 Å². The summed E-state index contributed by atoms with van der Waals surface area (Å²) in [6.07, 6.45) is 14.9. The van der Waals surface area contributed by atoms with Crippen LogP contribution in [0.4, 0.5) is 0 Å². The van der Waals surface area contributed by atoms with Crippen molar-refractivity contribution < 1.29 is 0 Å². The number of fused-ring (bicyclic) bond motifs is 1. The molecule has 6 heteroatoms. The van der Waals surface area contributed by atoms with Crippen LogP contribution in [-0.4, -0.2) is 20.4 Å². The number of unbranched alkanes of at least 4 members (excludes halogenated alkanes) is 8. The monoisotopic (exact) mass is 492 g/mol. The average Bonchev–Trinajstić information content (AvgIpc) is 3.53. The molecule has 2 heterocycles. The molecule has 0 aliphatic rings. The Morgan fingerprint density at radius 2 is 0.971 bits per heavy atom. The molecule has 0 saturated heterocycles. The van der Waals surface area contributed by atoms with Crippen molar-refractivity contribution in [2.45, 2.75) is 90.9 Å². The van der Waals surface area contributed by atoms with Gasteiger partial charge in [0, 0.05) is 24.0 Å². The Morgan fingerprint density at radius 3 is 1.41 bits per heavy atom. The summed E-state index contributed by atoms with van der Waals surface area (Å²) < 4.78 is 0. The van der Waals surface area contributed by atoms with Crippen molar-refractivity contribution in [3.8, 4) is 21.1 Å². The first-order valence-corrected chi connectivity index (χ1v) is 14.6. The number of aryl methyl sites for hydroxylation is 2. The van der Waals surface area contributed by atoms with E-state index in [1.54, 1.807) is 22.7 Å². The Kier molecular flexibility index (Phi) is 9.57. The zero-order valence-electron chi connectivity index (χ0n) is 20.6. The quantitative estimate of drug-likeness (QED) is 0.165. The van der Waals surface area contributed by atoms with E-state index in [4.69, 9.17) is 0 Å².